The summed E-state index contributed by atoms with van der Waals surface area (Å²) in [6.07, 6.45) is 5.28. The first-order chi connectivity index (χ1) is 16.2. The van der Waals surface area contributed by atoms with Crippen LogP contribution in [0.2, 0.25) is 0 Å². The van der Waals surface area contributed by atoms with Gasteiger partial charge in [0.1, 0.15) is 0 Å². The van der Waals surface area contributed by atoms with Crippen LogP contribution in [0.3, 0.4) is 0 Å². The first-order valence-electron chi connectivity index (χ1n) is 12.3. The third-order valence-electron chi connectivity index (χ3n) is 8.29. The van der Waals surface area contributed by atoms with Crippen LogP contribution in [0.5, 0.6) is 0 Å². The number of aromatic amines is 1. The van der Waals surface area contributed by atoms with E-state index in [1.807, 2.05) is 36.4 Å². The van der Waals surface area contributed by atoms with E-state index < -0.39 is 0 Å². The van der Waals surface area contributed by atoms with Crippen LogP contribution in [0, 0.1) is 17.8 Å². The topological polar surface area (TPSA) is 53.2 Å². The summed E-state index contributed by atoms with van der Waals surface area (Å²) in [7, 11) is 0. The minimum absolute atomic E-state index is 0.000544. The highest BCUT2D eigenvalue weighted by Crippen LogP contribution is 2.57. The number of H-pyrrole nitrogens is 1. The van der Waals surface area contributed by atoms with E-state index in [1.54, 1.807) is 0 Å². The number of para-hydroxylation sites is 1. The van der Waals surface area contributed by atoms with Crippen LogP contribution in [0.4, 0.5) is 5.69 Å². The van der Waals surface area contributed by atoms with Crippen molar-refractivity contribution in [3.05, 3.63) is 89.2 Å². The van der Waals surface area contributed by atoms with Gasteiger partial charge in [0.25, 0.3) is 0 Å². The molecule has 5 atom stereocenters. The summed E-state index contributed by atoms with van der Waals surface area (Å²) in [6.45, 7) is 2.25. The molecule has 4 heteroatoms. The smallest absolute Gasteiger partial charge is 0.242 e. The number of nitrogens with one attached hydrogen (secondary N) is 1. The molecule has 2 aliphatic carbocycles. The minimum atomic E-state index is -0.370. The summed E-state index contributed by atoms with van der Waals surface area (Å²) >= 11 is 0. The van der Waals surface area contributed by atoms with Crippen LogP contribution >= 0.6 is 0 Å². The van der Waals surface area contributed by atoms with Crippen LogP contribution in [-0.4, -0.2) is 16.8 Å². The molecule has 33 heavy (non-hydrogen) atoms. The Balaban J connectivity index is 1.44. The van der Waals surface area contributed by atoms with E-state index in [-0.39, 0.29) is 29.6 Å². The molecule has 3 aliphatic rings. The van der Waals surface area contributed by atoms with Gasteiger partial charge < -0.3 is 4.98 Å². The first-order valence-corrected chi connectivity index (χ1v) is 12.3. The summed E-state index contributed by atoms with van der Waals surface area (Å²) in [6, 6.07) is 22.1. The van der Waals surface area contributed by atoms with Crippen LogP contribution < -0.4 is 4.90 Å². The maximum atomic E-state index is 13.8. The number of carbonyl (C=O) groups excluding carboxylic acids is 2. The van der Waals surface area contributed by atoms with Gasteiger partial charge in [0.2, 0.25) is 11.8 Å². The number of imide groups is 1. The van der Waals surface area contributed by atoms with Crippen molar-refractivity contribution in [2.75, 3.05) is 4.90 Å². The largest absolute Gasteiger partial charge is 0.361 e. The van der Waals surface area contributed by atoms with E-state index in [1.165, 1.54) is 22.6 Å². The van der Waals surface area contributed by atoms with Crippen molar-refractivity contribution >= 4 is 17.5 Å². The van der Waals surface area contributed by atoms with Gasteiger partial charge in [-0.15, -0.1) is 0 Å². The molecule has 6 rings (SSSR count). The van der Waals surface area contributed by atoms with Crippen molar-refractivity contribution in [3.8, 4) is 0 Å². The normalized spacial score (nSPS) is 28.4. The Hall–Kier alpha value is -3.14. The fraction of sp³-hybridized carbons (Fsp3) is 0.379. The Kier molecular flexibility index (Phi) is 4.97. The Labute approximate surface area is 195 Å². The van der Waals surface area contributed by atoms with Gasteiger partial charge in [0.15, 0.2) is 0 Å². The second-order valence-electron chi connectivity index (χ2n) is 10.0. The standard InChI is InChI=1S/C29H30N2O2/c1-2-18-13-14-22-23(16-18)25-26(29(33)31(28(25)32)21-11-7-4-8-12-21)24-17-20(30-27(22)24)15-19-9-5-3-6-10-19/h3-12,17-18,22-23,25-26,30H,2,13-16H2,1H3/t18?,22-,23-,25-,26+/m0/s1. The SMILES string of the molecule is CCC1CC[C@@H]2c3[nH]c(Cc4ccccc4)cc3[C@H]3C(=O)N(c4ccccc4)C(=O)[C@H]3[C@H]2C1. The molecule has 1 saturated carbocycles. The van der Waals surface area contributed by atoms with Gasteiger partial charge in [0, 0.05) is 23.7 Å². The number of rotatable bonds is 4. The predicted octanol–water partition coefficient (Wildman–Crippen LogP) is 5.80. The zero-order valence-corrected chi connectivity index (χ0v) is 19.0. The molecule has 1 aliphatic heterocycles. The van der Waals surface area contributed by atoms with Crippen LogP contribution in [-0.2, 0) is 16.0 Å². The number of benzene rings is 2. The number of fused-ring (bicyclic) bond motifs is 6. The van der Waals surface area contributed by atoms with Crippen molar-refractivity contribution in [1.29, 1.82) is 0 Å². The second-order valence-corrected chi connectivity index (χ2v) is 10.0. The van der Waals surface area contributed by atoms with Crippen molar-refractivity contribution in [2.24, 2.45) is 17.8 Å². The Morgan fingerprint density at radius 2 is 1.67 bits per heavy atom. The van der Waals surface area contributed by atoms with Crippen LogP contribution in [0.25, 0.3) is 0 Å². The Morgan fingerprint density at radius 3 is 2.39 bits per heavy atom. The molecule has 2 amide bonds. The maximum absolute atomic E-state index is 13.8. The Morgan fingerprint density at radius 1 is 0.939 bits per heavy atom. The molecule has 1 N–H and O–H groups in total. The van der Waals surface area contributed by atoms with Gasteiger partial charge in [-0.05, 0) is 60.4 Å². The number of hydrogen-bond donors (Lipinski definition) is 1. The van der Waals surface area contributed by atoms with E-state index in [4.69, 9.17) is 0 Å². The van der Waals surface area contributed by atoms with E-state index >= 15 is 0 Å². The molecule has 2 fully saturated rings. The van der Waals surface area contributed by atoms with Crippen molar-refractivity contribution < 1.29 is 9.59 Å². The van der Waals surface area contributed by atoms with Crippen molar-refractivity contribution in [1.82, 2.24) is 4.98 Å². The summed E-state index contributed by atoms with van der Waals surface area (Å²) in [4.78, 5) is 32.8. The second kappa shape index (κ2) is 8.02. The van der Waals surface area contributed by atoms with Gasteiger partial charge in [-0.2, -0.15) is 0 Å². The first kappa shape index (κ1) is 20.5. The lowest BCUT2D eigenvalue weighted by Gasteiger charge is -2.43. The number of hydrogen-bond acceptors (Lipinski definition) is 2. The molecular formula is C29H30N2O2. The van der Waals surface area contributed by atoms with Gasteiger partial charge in [-0.25, -0.2) is 4.90 Å². The summed E-state index contributed by atoms with van der Waals surface area (Å²) in [5.41, 5.74) is 5.37. The zero-order valence-electron chi connectivity index (χ0n) is 19.0. The Bertz CT molecular complexity index is 1180. The lowest BCUT2D eigenvalue weighted by atomic mass is 9.59. The molecule has 2 aromatic carbocycles. The molecule has 1 unspecified atom stereocenters. The zero-order chi connectivity index (χ0) is 22.5. The molecular weight excluding hydrogens is 408 g/mol. The average Bonchev–Trinajstić information content (AvgIpc) is 3.38. The fourth-order valence-corrected chi connectivity index (χ4v) is 6.73. The van der Waals surface area contributed by atoms with Gasteiger partial charge in [-0.3, -0.25) is 9.59 Å². The summed E-state index contributed by atoms with van der Waals surface area (Å²) in [5, 5.41) is 0. The number of amides is 2. The fourth-order valence-electron chi connectivity index (χ4n) is 6.73. The number of aromatic nitrogens is 1. The number of nitrogens with zero attached hydrogens (tertiary/aromatic N) is 1. The third kappa shape index (κ3) is 3.26. The highest BCUT2D eigenvalue weighted by molar-refractivity contribution is 6.24. The van der Waals surface area contributed by atoms with E-state index in [9.17, 15) is 9.59 Å². The summed E-state index contributed by atoms with van der Waals surface area (Å²) < 4.78 is 0. The predicted molar refractivity (Wildman–Crippen MR) is 129 cm³/mol. The van der Waals surface area contributed by atoms with Gasteiger partial charge in [0.05, 0.1) is 17.5 Å². The average molecular weight is 439 g/mol. The highest BCUT2D eigenvalue weighted by atomic mass is 16.2. The van der Waals surface area contributed by atoms with Crippen LogP contribution in [0.1, 0.15) is 67.0 Å². The molecule has 2 heterocycles. The minimum Gasteiger partial charge on any atom is -0.361 e. The highest BCUT2D eigenvalue weighted by Gasteiger charge is 2.58. The molecule has 1 aromatic heterocycles. The molecule has 1 saturated heterocycles. The third-order valence-corrected chi connectivity index (χ3v) is 8.29. The summed E-state index contributed by atoms with van der Waals surface area (Å²) in [5.74, 6) is 0.533. The van der Waals surface area contributed by atoms with Crippen molar-refractivity contribution in [3.63, 3.8) is 0 Å². The number of anilines is 1. The molecule has 168 valence electrons. The van der Waals surface area contributed by atoms with Gasteiger partial charge in [-0.1, -0.05) is 61.9 Å². The van der Waals surface area contributed by atoms with E-state index in [0.717, 1.165) is 36.9 Å². The van der Waals surface area contributed by atoms with Crippen LogP contribution in [0.15, 0.2) is 66.7 Å². The maximum Gasteiger partial charge on any atom is 0.242 e. The molecule has 0 spiro atoms. The monoisotopic (exact) mass is 438 g/mol. The van der Waals surface area contributed by atoms with Gasteiger partial charge >= 0.3 is 0 Å². The molecule has 4 nitrogen and oxygen atoms in total. The quantitative estimate of drug-likeness (QED) is 0.523. The molecule has 0 bridgehead atoms. The number of carbonyl (C=O) groups is 2. The lowest BCUT2D eigenvalue weighted by Crippen LogP contribution is -2.39. The lowest BCUT2D eigenvalue weighted by molar-refractivity contribution is -0.123. The van der Waals surface area contributed by atoms with Crippen molar-refractivity contribution in [2.45, 2.75) is 50.9 Å². The van der Waals surface area contributed by atoms with E-state index in [2.05, 4.69) is 42.2 Å². The molecule has 0 radical (unpaired) electrons. The van der Waals surface area contributed by atoms with E-state index in [0.29, 0.717) is 17.5 Å². The molecule has 3 aromatic rings.